The molecule has 3 fully saturated rings. The lowest BCUT2D eigenvalue weighted by Crippen LogP contribution is -2.51. The third kappa shape index (κ3) is 3.66. The van der Waals surface area contributed by atoms with Crippen molar-refractivity contribution in [1.29, 1.82) is 5.41 Å². The number of fused-ring (bicyclic) bond motifs is 5. The fraction of sp³-hybridized carbons (Fsp3) is 0.792. The van der Waals surface area contributed by atoms with E-state index >= 15 is 0 Å². The number of aryl methyl sites for hydroxylation is 1. The van der Waals surface area contributed by atoms with Crippen molar-refractivity contribution in [3.8, 4) is 0 Å². The molecule has 0 amide bonds. The van der Waals surface area contributed by atoms with Crippen LogP contribution in [-0.4, -0.2) is 38.8 Å². The van der Waals surface area contributed by atoms with Crippen LogP contribution >= 0.6 is 0 Å². The molecule has 4 aliphatic carbocycles. The third-order valence-electron chi connectivity index (χ3n) is 8.84. The summed E-state index contributed by atoms with van der Waals surface area (Å²) in [4.78, 5) is 3.86. The first-order chi connectivity index (χ1) is 14.3. The molecule has 6 heteroatoms. The number of rotatable bonds is 2. The molecule has 166 valence electrons. The largest absolute Gasteiger partial charge is 0.396 e. The Hall–Kier alpha value is -1.53. The minimum absolute atomic E-state index is 0.0572. The van der Waals surface area contributed by atoms with Crippen LogP contribution in [0.5, 0.6) is 0 Å². The number of nitrogens with zero attached hydrogens (tertiary/aromatic N) is 2. The second kappa shape index (κ2) is 8.19. The number of aliphatic hydroxyl groups is 2. The van der Waals surface area contributed by atoms with E-state index in [4.69, 9.17) is 10.5 Å². The number of hydrogen-bond acceptors (Lipinski definition) is 6. The molecule has 1 aromatic rings. The lowest BCUT2D eigenvalue weighted by Gasteiger charge is -2.57. The van der Waals surface area contributed by atoms with Gasteiger partial charge in [-0.1, -0.05) is 24.6 Å². The molecule has 30 heavy (non-hydrogen) atoms. The summed E-state index contributed by atoms with van der Waals surface area (Å²) in [5.74, 6) is 3.46. The van der Waals surface area contributed by atoms with E-state index in [1.165, 1.54) is 38.5 Å². The predicted octanol–water partition coefficient (Wildman–Crippen LogP) is 4.24. The summed E-state index contributed by atoms with van der Waals surface area (Å²) in [5.41, 5.74) is 2.96. The molecule has 1 heterocycles. The van der Waals surface area contributed by atoms with Gasteiger partial charge < -0.3 is 20.1 Å². The highest BCUT2D eigenvalue weighted by Gasteiger charge is 2.58. The van der Waals surface area contributed by atoms with Crippen molar-refractivity contribution in [3.63, 3.8) is 0 Å². The SMILES string of the molecule is C[C@]12CCC(=N)C=C1CCC1C2CC[C@@]2(C)C1CC[C@@H]2O.Cc1noc(CCO)n1. The number of aromatic nitrogens is 2. The molecule has 0 aliphatic heterocycles. The second-order valence-corrected chi connectivity index (χ2v) is 10.4. The first-order valence-corrected chi connectivity index (χ1v) is 11.6. The molecule has 0 spiro atoms. The Morgan fingerprint density at radius 2 is 1.93 bits per heavy atom. The quantitative estimate of drug-likeness (QED) is 0.670. The average molecular weight is 416 g/mol. The average Bonchev–Trinajstić information content (AvgIpc) is 3.26. The van der Waals surface area contributed by atoms with E-state index in [0.717, 1.165) is 36.3 Å². The van der Waals surface area contributed by atoms with Crippen molar-refractivity contribution in [2.75, 3.05) is 6.61 Å². The Kier molecular flexibility index (Phi) is 5.92. The molecular weight excluding hydrogens is 378 g/mol. The van der Waals surface area contributed by atoms with Crippen molar-refractivity contribution in [2.45, 2.75) is 84.7 Å². The van der Waals surface area contributed by atoms with Gasteiger partial charge >= 0.3 is 0 Å². The minimum Gasteiger partial charge on any atom is -0.396 e. The molecule has 1 aromatic heterocycles. The highest BCUT2D eigenvalue weighted by molar-refractivity contribution is 5.94. The highest BCUT2D eigenvalue weighted by Crippen LogP contribution is 2.65. The first-order valence-electron chi connectivity index (χ1n) is 11.6. The molecule has 0 aromatic carbocycles. The fourth-order valence-electron chi connectivity index (χ4n) is 7.10. The number of hydrogen-bond donors (Lipinski definition) is 3. The molecule has 0 radical (unpaired) electrons. The van der Waals surface area contributed by atoms with Crippen molar-refractivity contribution >= 4 is 5.71 Å². The van der Waals surface area contributed by atoms with Gasteiger partial charge in [0.25, 0.3) is 0 Å². The maximum absolute atomic E-state index is 10.5. The Morgan fingerprint density at radius 3 is 2.63 bits per heavy atom. The summed E-state index contributed by atoms with van der Waals surface area (Å²) < 4.78 is 4.68. The van der Waals surface area contributed by atoms with Crippen molar-refractivity contribution in [3.05, 3.63) is 23.4 Å². The molecule has 6 atom stereocenters. The van der Waals surface area contributed by atoms with Gasteiger partial charge in [-0.15, -0.1) is 0 Å². The molecule has 0 saturated heterocycles. The minimum atomic E-state index is -0.0623. The van der Waals surface area contributed by atoms with Crippen LogP contribution in [0.2, 0.25) is 0 Å². The van der Waals surface area contributed by atoms with E-state index in [1.54, 1.807) is 12.5 Å². The van der Waals surface area contributed by atoms with Crippen LogP contribution in [0.3, 0.4) is 0 Å². The Morgan fingerprint density at radius 1 is 1.13 bits per heavy atom. The van der Waals surface area contributed by atoms with E-state index < -0.39 is 0 Å². The summed E-state index contributed by atoms with van der Waals surface area (Å²) in [7, 11) is 0. The predicted molar refractivity (Wildman–Crippen MR) is 115 cm³/mol. The van der Waals surface area contributed by atoms with Gasteiger partial charge in [0.2, 0.25) is 5.89 Å². The zero-order valence-corrected chi connectivity index (χ0v) is 18.7. The standard InChI is InChI=1S/C19H29NO.C5H8N2O2/c1-18-9-7-13(20)11-12(18)3-4-14-15-5-6-17(21)19(15,2)10-8-16(14)18;1-4-6-5(2-3-8)9-7-4/h11,14-17,20-21H,3-10H2,1-2H3;8H,2-3H2,1H3/t14?,15?,16?,17-,18-,19-;/m0./s1. The van der Waals surface area contributed by atoms with Crippen LogP contribution in [0.1, 0.15) is 76.9 Å². The summed E-state index contributed by atoms with van der Waals surface area (Å²) in [6, 6.07) is 0. The molecule has 3 saturated carbocycles. The van der Waals surface area contributed by atoms with Crippen LogP contribution in [0.25, 0.3) is 0 Å². The van der Waals surface area contributed by atoms with Gasteiger partial charge in [-0.25, -0.2) is 0 Å². The molecule has 3 unspecified atom stereocenters. The van der Waals surface area contributed by atoms with Crippen LogP contribution in [-0.2, 0) is 6.42 Å². The maximum atomic E-state index is 10.5. The summed E-state index contributed by atoms with van der Waals surface area (Å²) in [6.45, 7) is 6.64. The topological polar surface area (TPSA) is 103 Å². The summed E-state index contributed by atoms with van der Waals surface area (Å²) in [6.07, 6.45) is 12.0. The normalized spacial score (nSPS) is 39.9. The van der Waals surface area contributed by atoms with Gasteiger partial charge in [0.15, 0.2) is 5.82 Å². The van der Waals surface area contributed by atoms with E-state index in [9.17, 15) is 5.11 Å². The van der Waals surface area contributed by atoms with Gasteiger partial charge in [0.05, 0.1) is 19.1 Å². The van der Waals surface area contributed by atoms with Crippen LogP contribution in [0.15, 0.2) is 16.2 Å². The second-order valence-electron chi connectivity index (χ2n) is 10.4. The van der Waals surface area contributed by atoms with Crippen molar-refractivity contribution in [2.24, 2.45) is 28.6 Å². The van der Waals surface area contributed by atoms with Crippen LogP contribution < -0.4 is 0 Å². The third-order valence-corrected chi connectivity index (χ3v) is 8.84. The number of nitrogens with one attached hydrogen (secondary N) is 1. The molecule has 6 nitrogen and oxygen atoms in total. The van der Waals surface area contributed by atoms with Crippen molar-refractivity contribution in [1.82, 2.24) is 10.1 Å². The number of aliphatic hydroxyl groups excluding tert-OH is 2. The monoisotopic (exact) mass is 415 g/mol. The maximum Gasteiger partial charge on any atom is 0.228 e. The summed E-state index contributed by atoms with van der Waals surface area (Å²) in [5, 5.41) is 30.4. The zero-order chi connectivity index (χ0) is 21.5. The molecule has 5 rings (SSSR count). The Labute approximate surface area is 179 Å². The smallest absolute Gasteiger partial charge is 0.228 e. The lowest BCUT2D eigenvalue weighted by molar-refractivity contribution is -0.0721. The summed E-state index contributed by atoms with van der Waals surface area (Å²) >= 11 is 0. The van der Waals surface area contributed by atoms with Gasteiger partial charge in [-0.3, -0.25) is 0 Å². The Bertz CT molecular complexity index is 818. The van der Waals surface area contributed by atoms with E-state index in [1.807, 2.05) is 0 Å². The van der Waals surface area contributed by atoms with E-state index in [0.29, 0.717) is 23.6 Å². The van der Waals surface area contributed by atoms with Crippen LogP contribution in [0.4, 0.5) is 0 Å². The van der Waals surface area contributed by atoms with Gasteiger partial charge in [0.1, 0.15) is 0 Å². The lowest BCUT2D eigenvalue weighted by atomic mass is 9.47. The van der Waals surface area contributed by atoms with Gasteiger partial charge in [-0.05, 0) is 93.0 Å². The van der Waals surface area contributed by atoms with Gasteiger partial charge in [0, 0.05) is 5.71 Å². The molecule has 4 aliphatic rings. The number of allylic oxidation sites excluding steroid dienone is 2. The molecule has 3 N–H and O–H groups in total. The fourth-order valence-corrected chi connectivity index (χ4v) is 7.10. The molecule has 0 bridgehead atoms. The van der Waals surface area contributed by atoms with E-state index in [2.05, 4.69) is 34.6 Å². The highest BCUT2D eigenvalue weighted by atomic mass is 16.5. The van der Waals surface area contributed by atoms with Gasteiger partial charge in [-0.2, -0.15) is 4.98 Å². The first kappa shape index (κ1) is 21.7. The zero-order valence-electron chi connectivity index (χ0n) is 18.7. The van der Waals surface area contributed by atoms with Crippen molar-refractivity contribution < 1.29 is 14.7 Å². The Balaban J connectivity index is 0.000000204. The van der Waals surface area contributed by atoms with Crippen LogP contribution in [0, 0.1) is 40.9 Å². The van der Waals surface area contributed by atoms with E-state index in [-0.39, 0.29) is 18.1 Å². The molecular formula is C24H37N3O3.